The molecule has 0 aliphatic rings. The number of nitrogens with zero attached hydrogens (tertiary/aromatic N) is 6. The molecule has 0 aliphatic heterocycles. The number of aromatic nitrogens is 5. The second kappa shape index (κ2) is 5.12. The Morgan fingerprint density at radius 2 is 2.10 bits per heavy atom. The highest BCUT2D eigenvalue weighted by atomic mass is 16.6. The van der Waals surface area contributed by atoms with Crippen LogP contribution >= 0.6 is 0 Å². The molecule has 106 valence electrons. The summed E-state index contributed by atoms with van der Waals surface area (Å²) in [4.78, 5) is 14.0. The van der Waals surface area contributed by atoms with Crippen LogP contribution in [0.25, 0.3) is 11.5 Å². The molecule has 0 fully saturated rings. The van der Waals surface area contributed by atoms with Crippen molar-refractivity contribution in [3.63, 3.8) is 0 Å². The molecule has 0 bridgehead atoms. The lowest BCUT2D eigenvalue weighted by Gasteiger charge is -1.94. The van der Waals surface area contributed by atoms with Crippen molar-refractivity contribution in [3.8, 4) is 11.5 Å². The van der Waals surface area contributed by atoms with E-state index in [-0.39, 0.29) is 12.4 Å². The van der Waals surface area contributed by atoms with Crippen molar-refractivity contribution in [1.29, 1.82) is 0 Å². The number of pyridine rings is 1. The van der Waals surface area contributed by atoms with E-state index in [4.69, 9.17) is 4.42 Å². The lowest BCUT2D eigenvalue weighted by molar-refractivity contribution is -0.389. The number of nitro groups is 1. The van der Waals surface area contributed by atoms with Crippen molar-refractivity contribution in [3.05, 3.63) is 52.3 Å². The average Bonchev–Trinajstić information content (AvgIpc) is 3.08. The molecule has 0 atom stereocenters. The predicted octanol–water partition coefficient (Wildman–Crippen LogP) is 1.59. The summed E-state index contributed by atoms with van der Waals surface area (Å²) >= 11 is 0. The maximum atomic E-state index is 10.7. The van der Waals surface area contributed by atoms with Gasteiger partial charge in [-0.25, -0.2) is 0 Å². The Morgan fingerprint density at radius 1 is 1.33 bits per heavy atom. The van der Waals surface area contributed by atoms with Crippen LogP contribution in [0.4, 0.5) is 5.82 Å². The maximum Gasteiger partial charge on any atom is 0.390 e. The first-order valence-electron chi connectivity index (χ1n) is 6.05. The normalized spacial score (nSPS) is 10.7. The van der Waals surface area contributed by atoms with Crippen molar-refractivity contribution < 1.29 is 9.34 Å². The lowest BCUT2D eigenvalue weighted by Crippen LogP contribution is -2.04. The van der Waals surface area contributed by atoms with Crippen molar-refractivity contribution in [2.45, 2.75) is 13.5 Å². The summed E-state index contributed by atoms with van der Waals surface area (Å²) in [5.74, 6) is 0.482. The summed E-state index contributed by atoms with van der Waals surface area (Å²) in [6.45, 7) is 1.90. The van der Waals surface area contributed by atoms with Crippen molar-refractivity contribution in [2.75, 3.05) is 0 Å². The third kappa shape index (κ3) is 2.61. The molecular weight excluding hydrogens is 276 g/mol. The molecular formula is C12H10N6O3. The van der Waals surface area contributed by atoms with E-state index in [1.807, 2.05) is 0 Å². The van der Waals surface area contributed by atoms with Gasteiger partial charge in [0.25, 0.3) is 0 Å². The number of aryl methyl sites for hydroxylation is 1. The summed E-state index contributed by atoms with van der Waals surface area (Å²) in [5, 5.41) is 22.4. The molecule has 3 aromatic heterocycles. The summed E-state index contributed by atoms with van der Waals surface area (Å²) in [5.41, 5.74) is 1.40. The number of hydrogen-bond acceptors (Lipinski definition) is 7. The third-order valence-electron chi connectivity index (χ3n) is 2.83. The molecule has 3 rings (SSSR count). The largest absolute Gasteiger partial charge is 0.419 e. The molecule has 0 aromatic carbocycles. The summed E-state index contributed by atoms with van der Waals surface area (Å²) < 4.78 is 6.96. The zero-order chi connectivity index (χ0) is 14.8. The van der Waals surface area contributed by atoms with Gasteiger partial charge in [-0.2, -0.15) is 4.68 Å². The molecule has 9 heteroatoms. The Balaban J connectivity index is 1.83. The van der Waals surface area contributed by atoms with Crippen LogP contribution in [0.1, 0.15) is 11.6 Å². The Labute approximate surface area is 118 Å². The van der Waals surface area contributed by atoms with Gasteiger partial charge >= 0.3 is 5.82 Å². The number of rotatable bonds is 4. The molecule has 0 amide bonds. The predicted molar refractivity (Wildman–Crippen MR) is 70.2 cm³/mol. The van der Waals surface area contributed by atoms with Crippen LogP contribution in [-0.4, -0.2) is 29.9 Å². The van der Waals surface area contributed by atoms with Crippen LogP contribution in [0.2, 0.25) is 0 Å². The van der Waals surface area contributed by atoms with E-state index in [1.165, 1.54) is 10.7 Å². The first-order chi connectivity index (χ1) is 10.1. The fourth-order valence-electron chi connectivity index (χ4n) is 1.80. The van der Waals surface area contributed by atoms with Crippen molar-refractivity contribution in [2.24, 2.45) is 0 Å². The Morgan fingerprint density at radius 3 is 2.76 bits per heavy atom. The second-order valence-corrected chi connectivity index (χ2v) is 4.30. The van der Waals surface area contributed by atoms with E-state index in [9.17, 15) is 10.1 Å². The van der Waals surface area contributed by atoms with E-state index in [0.29, 0.717) is 17.5 Å². The average molecular weight is 286 g/mol. The first-order valence-corrected chi connectivity index (χ1v) is 6.05. The summed E-state index contributed by atoms with van der Waals surface area (Å²) in [6, 6.07) is 4.89. The first kappa shape index (κ1) is 12.9. The van der Waals surface area contributed by atoms with E-state index >= 15 is 0 Å². The van der Waals surface area contributed by atoms with Crippen LogP contribution in [0.3, 0.4) is 0 Å². The minimum absolute atomic E-state index is 0.178. The fourth-order valence-corrected chi connectivity index (χ4v) is 1.80. The molecule has 0 spiro atoms. The Bertz CT molecular complexity index is 779. The molecule has 0 radical (unpaired) electrons. The monoisotopic (exact) mass is 286 g/mol. The number of hydrogen-bond donors (Lipinski definition) is 0. The van der Waals surface area contributed by atoms with Gasteiger partial charge in [-0.1, -0.05) is 0 Å². The van der Waals surface area contributed by atoms with Crippen molar-refractivity contribution >= 4 is 5.82 Å². The molecule has 9 nitrogen and oxygen atoms in total. The van der Waals surface area contributed by atoms with Crippen LogP contribution in [0, 0.1) is 17.0 Å². The SMILES string of the molecule is Cc1cc([N+](=O)[O-])nn1Cc1nnc(-c2ccncc2)o1. The van der Waals surface area contributed by atoms with Gasteiger partial charge in [0.15, 0.2) is 0 Å². The molecule has 0 saturated heterocycles. The molecule has 21 heavy (non-hydrogen) atoms. The molecule has 3 aromatic rings. The summed E-state index contributed by atoms with van der Waals surface area (Å²) in [7, 11) is 0. The van der Waals surface area contributed by atoms with Gasteiger partial charge in [-0.05, 0) is 24.0 Å². The fraction of sp³-hybridized carbons (Fsp3) is 0.167. The minimum Gasteiger partial charge on any atom is -0.419 e. The van der Waals surface area contributed by atoms with Gasteiger partial charge in [-0.15, -0.1) is 10.2 Å². The van der Waals surface area contributed by atoms with Gasteiger partial charge in [-0.3, -0.25) is 4.98 Å². The zero-order valence-corrected chi connectivity index (χ0v) is 11.0. The third-order valence-corrected chi connectivity index (χ3v) is 2.83. The topological polar surface area (TPSA) is 113 Å². The van der Waals surface area contributed by atoms with E-state index in [2.05, 4.69) is 20.3 Å². The summed E-state index contributed by atoms with van der Waals surface area (Å²) in [6.07, 6.45) is 3.25. The lowest BCUT2D eigenvalue weighted by atomic mass is 10.3. The highest BCUT2D eigenvalue weighted by Gasteiger charge is 2.18. The van der Waals surface area contributed by atoms with E-state index < -0.39 is 4.92 Å². The van der Waals surface area contributed by atoms with Gasteiger partial charge < -0.3 is 14.5 Å². The molecule has 3 heterocycles. The van der Waals surface area contributed by atoms with Gasteiger partial charge in [0.1, 0.15) is 6.54 Å². The second-order valence-electron chi connectivity index (χ2n) is 4.30. The Hall–Kier alpha value is -3.10. The van der Waals surface area contributed by atoms with Crippen molar-refractivity contribution in [1.82, 2.24) is 25.0 Å². The molecule has 0 unspecified atom stereocenters. The molecule has 0 aliphatic carbocycles. The molecule has 0 N–H and O–H groups in total. The van der Waals surface area contributed by atoms with E-state index in [0.717, 1.165) is 5.56 Å². The standard InChI is InChI=1S/C12H10N6O3/c1-8-6-10(18(19)20)16-17(8)7-11-14-15-12(21-11)9-2-4-13-5-3-9/h2-6H,7H2,1H3. The van der Waals surface area contributed by atoms with Crippen LogP contribution < -0.4 is 0 Å². The minimum atomic E-state index is -0.542. The van der Waals surface area contributed by atoms with Gasteiger partial charge in [0.2, 0.25) is 11.8 Å². The van der Waals surface area contributed by atoms with Gasteiger partial charge in [0, 0.05) is 18.0 Å². The van der Waals surface area contributed by atoms with E-state index in [1.54, 1.807) is 31.5 Å². The highest BCUT2D eigenvalue weighted by molar-refractivity contribution is 5.50. The van der Waals surface area contributed by atoms with Crippen LogP contribution in [0.15, 0.2) is 35.0 Å². The molecule has 0 saturated carbocycles. The Kier molecular flexibility index (Phi) is 3.14. The van der Waals surface area contributed by atoms with Crippen LogP contribution in [0.5, 0.6) is 0 Å². The zero-order valence-electron chi connectivity index (χ0n) is 11.0. The highest BCUT2D eigenvalue weighted by Crippen LogP contribution is 2.18. The maximum absolute atomic E-state index is 10.7. The quantitative estimate of drug-likeness (QED) is 0.528. The smallest absolute Gasteiger partial charge is 0.390 e. The van der Waals surface area contributed by atoms with Crippen LogP contribution in [-0.2, 0) is 6.54 Å². The van der Waals surface area contributed by atoms with Gasteiger partial charge in [0.05, 0.1) is 16.9 Å².